The summed E-state index contributed by atoms with van der Waals surface area (Å²) >= 11 is 5.70. The number of anilines is 4. The number of thiocarbonyl (C=S) groups is 1. The minimum atomic E-state index is -4.80. The van der Waals surface area contributed by atoms with Gasteiger partial charge in [0, 0.05) is 37.8 Å². The van der Waals surface area contributed by atoms with Crippen molar-refractivity contribution in [2.75, 3.05) is 61.1 Å². The molecule has 0 radical (unpaired) electrons. The van der Waals surface area contributed by atoms with Crippen molar-refractivity contribution in [1.29, 1.82) is 5.26 Å². The van der Waals surface area contributed by atoms with Gasteiger partial charge in [0.05, 0.1) is 66.8 Å². The molecule has 3 atom stereocenters. The van der Waals surface area contributed by atoms with Crippen molar-refractivity contribution in [2.24, 2.45) is 5.84 Å². The van der Waals surface area contributed by atoms with E-state index in [1.807, 2.05) is 78.8 Å². The van der Waals surface area contributed by atoms with Gasteiger partial charge in [-0.15, -0.1) is 0 Å². The zero-order valence-corrected chi connectivity index (χ0v) is 46.5. The highest BCUT2D eigenvalue weighted by Crippen LogP contribution is 2.43. The number of ether oxygens (including phenoxy) is 5. The Kier molecular flexibility index (Phi) is 17.6. The van der Waals surface area contributed by atoms with E-state index < -0.39 is 45.7 Å². The van der Waals surface area contributed by atoms with Crippen LogP contribution in [0, 0.1) is 18.3 Å². The highest BCUT2D eigenvalue weighted by molar-refractivity contribution is 7.82. The molecule has 0 saturated carbocycles. The SMILES string of the molecule is CCOC(=O)CC(c1ccc(C)c(CN2CC(C)Oc3cc(OCCCCOc4ccc(-c5ccc(N6C(=S)N(c7ccc(C#N)c(C(F)(F)F)c7)C(=O)C6(C)C)cc5)cc4)ccc3S2=O)c1)c1cc(N)c(N(C)N)c(OC)c1. The van der Waals surface area contributed by atoms with Gasteiger partial charge < -0.3 is 39.3 Å². The van der Waals surface area contributed by atoms with Crippen LogP contribution in [0.15, 0.2) is 120 Å². The van der Waals surface area contributed by atoms with Gasteiger partial charge in [-0.25, -0.2) is 14.4 Å². The van der Waals surface area contributed by atoms with Crippen LogP contribution in [0.4, 0.5) is 35.9 Å². The second-order valence-electron chi connectivity index (χ2n) is 19.8. The molecule has 2 aliphatic rings. The Hall–Kier alpha value is -7.70. The smallest absolute Gasteiger partial charge is 0.417 e. The van der Waals surface area contributed by atoms with Gasteiger partial charge in [-0.05, 0) is 160 Å². The number of benzene rings is 6. The topological polar surface area (TPSA) is 186 Å². The molecule has 4 N–H and O–H groups in total. The number of hydrogen-bond acceptors (Lipinski definition) is 13. The zero-order chi connectivity index (χ0) is 56.9. The molecule has 1 fully saturated rings. The lowest BCUT2D eigenvalue weighted by Crippen LogP contribution is -2.44. The molecule has 20 heteroatoms. The fourth-order valence-corrected chi connectivity index (χ4v) is 11.6. The minimum Gasteiger partial charge on any atom is -0.494 e. The van der Waals surface area contributed by atoms with Crippen molar-refractivity contribution in [3.63, 3.8) is 0 Å². The minimum absolute atomic E-state index is 0.0147. The van der Waals surface area contributed by atoms with Gasteiger partial charge in [-0.1, -0.05) is 42.5 Å². The van der Waals surface area contributed by atoms with Crippen LogP contribution in [0.25, 0.3) is 11.1 Å². The monoisotopic (exact) mass is 1120 g/mol. The molecule has 3 unspecified atom stereocenters. The molecular formula is C59H62F3N7O8S2. The summed E-state index contributed by atoms with van der Waals surface area (Å²) in [7, 11) is 1.63. The molecule has 1 saturated heterocycles. The van der Waals surface area contributed by atoms with Crippen LogP contribution < -0.4 is 45.3 Å². The van der Waals surface area contributed by atoms with Gasteiger partial charge >= 0.3 is 12.1 Å². The van der Waals surface area contributed by atoms with E-state index in [4.69, 9.17) is 47.5 Å². The number of hydrazine groups is 1. The molecule has 0 aliphatic carbocycles. The molecule has 2 heterocycles. The number of aryl methyl sites for hydroxylation is 1. The van der Waals surface area contributed by atoms with Gasteiger partial charge in [-0.2, -0.15) is 18.4 Å². The van der Waals surface area contributed by atoms with E-state index in [1.54, 1.807) is 75.2 Å². The van der Waals surface area contributed by atoms with Crippen molar-refractivity contribution in [3.8, 4) is 40.2 Å². The molecule has 15 nitrogen and oxygen atoms in total. The fourth-order valence-electron chi connectivity index (χ4n) is 9.74. The van der Waals surface area contributed by atoms with Crippen molar-refractivity contribution in [1.82, 2.24) is 4.31 Å². The number of nitriles is 1. The number of methoxy groups -OCH3 is 1. The van der Waals surface area contributed by atoms with Crippen LogP contribution in [0.1, 0.15) is 86.3 Å². The number of halogens is 3. The summed E-state index contributed by atoms with van der Waals surface area (Å²) in [4.78, 5) is 29.9. The maximum atomic E-state index is 14.3. The molecule has 414 valence electrons. The van der Waals surface area contributed by atoms with Crippen LogP contribution in [0.3, 0.4) is 0 Å². The van der Waals surface area contributed by atoms with Crippen LogP contribution in [0.5, 0.6) is 23.0 Å². The Balaban J connectivity index is 0.844. The maximum Gasteiger partial charge on any atom is 0.417 e. The van der Waals surface area contributed by atoms with Crippen LogP contribution >= 0.6 is 12.2 Å². The Morgan fingerprint density at radius 3 is 2.20 bits per heavy atom. The molecule has 2 aliphatic heterocycles. The summed E-state index contributed by atoms with van der Waals surface area (Å²) in [6, 6.07) is 34.7. The average molecular weight is 1120 g/mol. The van der Waals surface area contributed by atoms with Crippen molar-refractivity contribution < 1.29 is 50.7 Å². The number of amides is 1. The second-order valence-corrected chi connectivity index (χ2v) is 21.6. The number of nitrogens with two attached hydrogens (primary N) is 2. The summed E-state index contributed by atoms with van der Waals surface area (Å²) in [6.07, 6.45) is -3.63. The maximum absolute atomic E-state index is 14.3. The second kappa shape index (κ2) is 24.1. The number of alkyl halides is 3. The summed E-state index contributed by atoms with van der Waals surface area (Å²) in [5, 5.41) is 10.7. The Bertz CT molecular complexity index is 3320. The number of carbonyl (C=O) groups is 2. The standard InChI is InChI=1S/C59H62F3N7O8S2/c1-8-74-54(70)32-48(42-28-50(64)55(66(6)65)52(29-42)73-7)40-12-11-36(2)43(27-40)35-67-34-37(3)77-51-31-47(23-24-53(51)79(67)72)76-26-10-9-25-75-46-21-16-39(17-22-46)38-13-18-44(19-14-38)69-57(78)68(56(71)58(69,4)5)45-20-15-41(33-63)49(30-45)59(60,61)62/h11-24,27-31,37,48H,8-10,25-26,32,34-35,64-65H2,1-7H3. The number of fused-ring (bicyclic) bond motifs is 1. The van der Waals surface area contributed by atoms with Gasteiger partial charge in [0.15, 0.2) is 5.11 Å². The number of rotatable bonds is 19. The van der Waals surface area contributed by atoms with Gasteiger partial charge in [-0.3, -0.25) is 14.5 Å². The van der Waals surface area contributed by atoms with Gasteiger partial charge in [0.1, 0.15) is 51.3 Å². The molecule has 1 amide bonds. The van der Waals surface area contributed by atoms with Gasteiger partial charge in [0.25, 0.3) is 5.91 Å². The highest BCUT2D eigenvalue weighted by Gasteiger charge is 2.51. The van der Waals surface area contributed by atoms with E-state index in [-0.39, 0.29) is 35.9 Å². The number of esters is 1. The largest absolute Gasteiger partial charge is 0.494 e. The Morgan fingerprint density at radius 1 is 0.924 bits per heavy atom. The number of carbonyl (C=O) groups excluding carboxylic acids is 2. The summed E-state index contributed by atoms with van der Waals surface area (Å²) in [5.41, 5.74) is 10.3. The van der Waals surface area contributed by atoms with E-state index >= 15 is 0 Å². The first-order valence-corrected chi connectivity index (χ1v) is 27.1. The lowest BCUT2D eigenvalue weighted by Gasteiger charge is -2.29. The van der Waals surface area contributed by atoms with E-state index in [0.717, 1.165) is 50.4 Å². The third kappa shape index (κ3) is 12.6. The van der Waals surface area contributed by atoms with Crippen LogP contribution in [0.2, 0.25) is 0 Å². The van der Waals surface area contributed by atoms with Gasteiger partial charge in [0.2, 0.25) is 0 Å². The van der Waals surface area contributed by atoms with Crippen molar-refractivity contribution in [2.45, 2.75) is 89.1 Å². The third-order valence-corrected chi connectivity index (χ3v) is 15.6. The normalized spacial score (nSPS) is 16.6. The number of nitrogens with zero attached hydrogens (tertiary/aromatic N) is 5. The summed E-state index contributed by atoms with van der Waals surface area (Å²) < 4.78 is 87.2. The first-order chi connectivity index (χ1) is 37.6. The molecule has 6 aromatic rings. The summed E-state index contributed by atoms with van der Waals surface area (Å²) in [5.74, 6) is 7.01. The molecule has 0 bridgehead atoms. The van der Waals surface area contributed by atoms with E-state index in [9.17, 15) is 32.2 Å². The first kappa shape index (κ1) is 57.5. The van der Waals surface area contributed by atoms with Crippen molar-refractivity contribution in [3.05, 3.63) is 149 Å². The Labute approximate surface area is 465 Å². The van der Waals surface area contributed by atoms with E-state index in [2.05, 4.69) is 0 Å². The first-order valence-electron chi connectivity index (χ1n) is 25.6. The molecule has 0 spiro atoms. The molecule has 6 aromatic carbocycles. The Morgan fingerprint density at radius 2 is 1.57 bits per heavy atom. The zero-order valence-electron chi connectivity index (χ0n) is 44.9. The van der Waals surface area contributed by atoms with Crippen molar-refractivity contribution >= 4 is 62.9 Å². The molecule has 0 aromatic heterocycles. The number of hydrogen-bond donors (Lipinski definition) is 2. The number of nitrogen functional groups attached to an aromatic ring is 1. The molecular weight excluding hydrogens is 1060 g/mol. The van der Waals surface area contributed by atoms with E-state index in [1.165, 1.54) is 18.2 Å². The van der Waals surface area contributed by atoms with Crippen LogP contribution in [-0.4, -0.2) is 77.7 Å². The lowest BCUT2D eigenvalue weighted by atomic mass is 9.86. The van der Waals surface area contributed by atoms with Crippen LogP contribution in [-0.2, 0) is 38.0 Å². The molecule has 79 heavy (non-hydrogen) atoms. The predicted octanol–water partition coefficient (Wildman–Crippen LogP) is 11.0. The fraction of sp³-hybridized carbons (Fsp3) is 0.322. The number of unbranched alkanes of at least 4 members (excludes halogenated alkanes) is 1. The quantitative estimate of drug-likeness (QED) is 0.0195. The molecule has 8 rings (SSSR count). The van der Waals surface area contributed by atoms with E-state index in [0.29, 0.717) is 84.1 Å². The average Bonchev–Trinajstić information content (AvgIpc) is 3.59. The predicted molar refractivity (Wildman–Crippen MR) is 303 cm³/mol. The summed E-state index contributed by atoms with van der Waals surface area (Å²) in [6.45, 7) is 10.9. The lowest BCUT2D eigenvalue weighted by molar-refractivity contribution is -0.143. The third-order valence-electron chi connectivity index (χ3n) is 13.8. The highest BCUT2D eigenvalue weighted by atomic mass is 32.2.